The van der Waals surface area contributed by atoms with E-state index in [0.29, 0.717) is 6.54 Å². The molecule has 0 amide bonds. The highest BCUT2D eigenvalue weighted by Crippen LogP contribution is 2.34. The van der Waals surface area contributed by atoms with Gasteiger partial charge in [-0.15, -0.1) is 11.3 Å². The normalized spacial score (nSPS) is 13.7. The zero-order chi connectivity index (χ0) is 15.3. The van der Waals surface area contributed by atoms with Crippen LogP contribution in [0.15, 0.2) is 29.3 Å². The van der Waals surface area contributed by atoms with Gasteiger partial charge in [0.05, 0.1) is 18.3 Å². The molecule has 2 heterocycles. The number of rotatable bonds is 2. The Morgan fingerprint density at radius 3 is 3.00 bits per heavy atom. The smallest absolute Gasteiger partial charge is 0.262 e. The maximum Gasteiger partial charge on any atom is 0.262 e. The fourth-order valence-corrected chi connectivity index (χ4v) is 4.51. The summed E-state index contributed by atoms with van der Waals surface area (Å²) in [6.07, 6.45) is 5.01. The molecule has 22 heavy (non-hydrogen) atoms. The molecule has 0 saturated carbocycles. The fourth-order valence-electron chi connectivity index (χ4n) is 3.29. The van der Waals surface area contributed by atoms with Gasteiger partial charge in [-0.1, -0.05) is 23.8 Å². The predicted octanol–water partition coefficient (Wildman–Crippen LogP) is 3.61. The Balaban J connectivity index is 1.84. The molecule has 4 heteroatoms. The van der Waals surface area contributed by atoms with Gasteiger partial charge in [0, 0.05) is 4.88 Å². The average Bonchev–Trinajstić information content (AvgIpc) is 3.06. The number of thiophene rings is 1. The van der Waals surface area contributed by atoms with Crippen molar-refractivity contribution >= 4 is 21.6 Å². The van der Waals surface area contributed by atoms with Crippen LogP contribution in [0.4, 0.5) is 0 Å². The van der Waals surface area contributed by atoms with Crippen molar-refractivity contribution in [3.63, 3.8) is 0 Å². The van der Waals surface area contributed by atoms with Crippen molar-refractivity contribution < 1.29 is 0 Å². The molecule has 112 valence electrons. The molecule has 0 N–H and O–H groups in total. The monoisotopic (exact) mass is 310 g/mol. The Bertz CT molecular complexity index is 936. The van der Waals surface area contributed by atoms with Gasteiger partial charge in [-0.3, -0.25) is 9.36 Å². The lowest BCUT2D eigenvalue weighted by Gasteiger charge is -2.09. The first-order chi connectivity index (χ1) is 10.6. The summed E-state index contributed by atoms with van der Waals surface area (Å²) in [5.74, 6) is 0. The van der Waals surface area contributed by atoms with Crippen LogP contribution in [0.25, 0.3) is 10.2 Å². The molecule has 0 radical (unpaired) electrons. The van der Waals surface area contributed by atoms with E-state index in [1.807, 2.05) is 0 Å². The van der Waals surface area contributed by atoms with Gasteiger partial charge in [-0.25, -0.2) is 4.98 Å². The van der Waals surface area contributed by atoms with Crippen LogP contribution in [0.3, 0.4) is 0 Å². The molecule has 1 aliphatic rings. The number of hydrogen-bond donors (Lipinski definition) is 0. The minimum atomic E-state index is 0.116. The van der Waals surface area contributed by atoms with E-state index in [2.05, 4.69) is 37.0 Å². The molecule has 0 spiro atoms. The Morgan fingerprint density at radius 1 is 1.27 bits per heavy atom. The second-order valence-electron chi connectivity index (χ2n) is 6.15. The highest BCUT2D eigenvalue weighted by molar-refractivity contribution is 7.18. The van der Waals surface area contributed by atoms with Crippen LogP contribution in [0.2, 0.25) is 0 Å². The second kappa shape index (κ2) is 5.06. The molecular weight excluding hydrogens is 292 g/mol. The van der Waals surface area contributed by atoms with Crippen molar-refractivity contribution in [2.24, 2.45) is 0 Å². The molecule has 1 aliphatic carbocycles. The predicted molar refractivity (Wildman–Crippen MR) is 90.9 cm³/mol. The first-order valence-corrected chi connectivity index (χ1v) is 8.51. The highest BCUT2D eigenvalue weighted by atomic mass is 32.1. The zero-order valence-electron chi connectivity index (χ0n) is 12.8. The van der Waals surface area contributed by atoms with Crippen molar-refractivity contribution in [2.75, 3.05) is 0 Å². The summed E-state index contributed by atoms with van der Waals surface area (Å²) in [5.41, 5.74) is 5.00. The SMILES string of the molecule is Cc1ccc(C)c(Cn2cnc3sc4c(c3c2=O)CCC4)c1. The van der Waals surface area contributed by atoms with E-state index >= 15 is 0 Å². The van der Waals surface area contributed by atoms with Crippen molar-refractivity contribution in [1.29, 1.82) is 0 Å². The highest BCUT2D eigenvalue weighted by Gasteiger charge is 2.21. The van der Waals surface area contributed by atoms with E-state index in [-0.39, 0.29) is 5.56 Å². The number of benzene rings is 1. The van der Waals surface area contributed by atoms with Gasteiger partial charge >= 0.3 is 0 Å². The third-order valence-corrected chi connectivity index (χ3v) is 5.74. The summed E-state index contributed by atoms with van der Waals surface area (Å²) in [6, 6.07) is 6.38. The summed E-state index contributed by atoms with van der Waals surface area (Å²) >= 11 is 1.70. The number of aryl methyl sites for hydroxylation is 4. The first-order valence-electron chi connectivity index (χ1n) is 7.69. The minimum Gasteiger partial charge on any atom is -0.294 e. The van der Waals surface area contributed by atoms with Gasteiger partial charge in [0.1, 0.15) is 4.83 Å². The number of hydrogen-bond acceptors (Lipinski definition) is 3. The summed E-state index contributed by atoms with van der Waals surface area (Å²) in [6.45, 7) is 4.77. The molecule has 2 aromatic heterocycles. The summed E-state index contributed by atoms with van der Waals surface area (Å²) < 4.78 is 1.76. The van der Waals surface area contributed by atoms with Crippen LogP contribution in [0.1, 0.15) is 33.6 Å². The summed E-state index contributed by atoms with van der Waals surface area (Å²) in [7, 11) is 0. The number of fused-ring (bicyclic) bond motifs is 3. The molecule has 0 saturated heterocycles. The van der Waals surface area contributed by atoms with Crippen LogP contribution in [-0.4, -0.2) is 9.55 Å². The molecule has 1 aromatic carbocycles. The van der Waals surface area contributed by atoms with Gasteiger partial charge in [-0.05, 0) is 49.8 Å². The van der Waals surface area contributed by atoms with Crippen molar-refractivity contribution in [3.05, 3.63) is 62.0 Å². The van der Waals surface area contributed by atoms with E-state index in [0.717, 1.165) is 23.1 Å². The van der Waals surface area contributed by atoms with Crippen LogP contribution in [-0.2, 0) is 19.4 Å². The van der Waals surface area contributed by atoms with Crippen LogP contribution in [0, 0.1) is 13.8 Å². The molecule has 3 aromatic rings. The van der Waals surface area contributed by atoms with Crippen molar-refractivity contribution in [2.45, 2.75) is 39.7 Å². The molecule has 0 unspecified atom stereocenters. The average molecular weight is 310 g/mol. The van der Waals surface area contributed by atoms with E-state index in [4.69, 9.17) is 0 Å². The fraction of sp³-hybridized carbons (Fsp3) is 0.333. The van der Waals surface area contributed by atoms with Gasteiger partial charge in [0.25, 0.3) is 5.56 Å². The van der Waals surface area contributed by atoms with Crippen LogP contribution in [0.5, 0.6) is 0 Å². The van der Waals surface area contributed by atoms with Gasteiger partial charge in [-0.2, -0.15) is 0 Å². The molecule has 4 rings (SSSR count). The lowest BCUT2D eigenvalue weighted by molar-refractivity contribution is 0.744. The lowest BCUT2D eigenvalue weighted by Crippen LogP contribution is -2.21. The maximum atomic E-state index is 12.9. The third-order valence-electron chi connectivity index (χ3n) is 4.54. The Labute approximate surface area is 133 Å². The van der Waals surface area contributed by atoms with Gasteiger partial charge in [0.2, 0.25) is 0 Å². The lowest BCUT2D eigenvalue weighted by atomic mass is 10.1. The Kier molecular flexibility index (Phi) is 3.15. The minimum absolute atomic E-state index is 0.116. The molecule has 0 bridgehead atoms. The van der Waals surface area contributed by atoms with E-state index in [9.17, 15) is 4.79 Å². The summed E-state index contributed by atoms with van der Waals surface area (Å²) in [4.78, 5) is 19.7. The van der Waals surface area contributed by atoms with Gasteiger partial charge in [0.15, 0.2) is 0 Å². The molecular formula is C18H18N2OS. The first kappa shape index (κ1) is 13.7. The quantitative estimate of drug-likeness (QED) is 0.725. The number of nitrogens with zero attached hydrogens (tertiary/aromatic N) is 2. The molecule has 0 atom stereocenters. The van der Waals surface area contributed by atoms with Crippen LogP contribution >= 0.6 is 11.3 Å². The van der Waals surface area contributed by atoms with Crippen molar-refractivity contribution in [1.82, 2.24) is 9.55 Å². The standard InChI is InChI=1S/C18H18N2OS/c1-11-6-7-12(2)13(8-11)9-20-10-19-17-16(18(20)21)14-4-3-5-15(14)22-17/h6-8,10H,3-5,9H2,1-2H3. The van der Waals surface area contributed by atoms with Gasteiger partial charge < -0.3 is 0 Å². The molecule has 0 fully saturated rings. The summed E-state index contributed by atoms with van der Waals surface area (Å²) in [5, 5.41) is 0.866. The topological polar surface area (TPSA) is 34.9 Å². The van der Waals surface area contributed by atoms with Crippen molar-refractivity contribution in [3.8, 4) is 0 Å². The largest absolute Gasteiger partial charge is 0.294 e. The third kappa shape index (κ3) is 2.10. The van der Waals surface area contributed by atoms with E-state index in [1.54, 1.807) is 22.2 Å². The Morgan fingerprint density at radius 2 is 2.14 bits per heavy atom. The van der Waals surface area contributed by atoms with Crippen LogP contribution < -0.4 is 5.56 Å². The van der Waals surface area contributed by atoms with E-state index in [1.165, 1.54) is 33.6 Å². The zero-order valence-corrected chi connectivity index (χ0v) is 13.7. The molecule has 3 nitrogen and oxygen atoms in total. The number of aromatic nitrogens is 2. The van der Waals surface area contributed by atoms with E-state index < -0.39 is 0 Å². The Hall–Kier alpha value is -1.94. The molecule has 0 aliphatic heterocycles. The second-order valence-corrected chi connectivity index (χ2v) is 7.23. The maximum absolute atomic E-state index is 12.9.